The largest absolute Gasteiger partial charge is 0.396 e. The highest BCUT2D eigenvalue weighted by Gasteiger charge is 2.17. The Hall–Kier alpha value is -1.25. The average Bonchev–Trinajstić information content (AvgIpc) is 2.35. The second-order valence-electron chi connectivity index (χ2n) is 3.17. The van der Waals surface area contributed by atoms with Crippen molar-refractivity contribution < 1.29 is 4.39 Å². The third-order valence-corrected chi connectivity index (χ3v) is 2.33. The first-order valence-electron chi connectivity index (χ1n) is 3.97. The number of nitrogen functional groups attached to an aromatic ring is 1. The molecule has 0 atom stereocenters. The monoisotopic (exact) mass is 166 g/mol. The van der Waals surface area contributed by atoms with Gasteiger partial charge >= 0.3 is 0 Å². The number of likely N-dealkylation sites (N-methyl/N-ethyl adjacent to an activating group) is 1. The van der Waals surface area contributed by atoms with Crippen molar-refractivity contribution in [3.05, 3.63) is 23.5 Å². The Bertz CT molecular complexity index is 323. The molecule has 2 rings (SSSR count). The predicted molar refractivity (Wildman–Crippen MR) is 47.8 cm³/mol. The zero-order valence-electron chi connectivity index (χ0n) is 6.97. The molecular weight excluding hydrogens is 155 g/mol. The van der Waals surface area contributed by atoms with E-state index >= 15 is 0 Å². The third kappa shape index (κ3) is 0.932. The van der Waals surface area contributed by atoms with Crippen LogP contribution < -0.4 is 10.6 Å². The number of halogens is 1. The molecule has 12 heavy (non-hydrogen) atoms. The molecule has 1 heterocycles. The maximum atomic E-state index is 13.0. The Balaban J connectivity index is 2.56. The molecule has 0 radical (unpaired) electrons. The van der Waals surface area contributed by atoms with Crippen molar-refractivity contribution in [2.75, 3.05) is 24.2 Å². The van der Waals surface area contributed by atoms with Crippen molar-refractivity contribution in [3.63, 3.8) is 0 Å². The fourth-order valence-electron chi connectivity index (χ4n) is 1.59. The van der Waals surface area contributed by atoms with Crippen molar-refractivity contribution >= 4 is 11.4 Å². The van der Waals surface area contributed by atoms with Crippen LogP contribution in [0.1, 0.15) is 5.56 Å². The summed E-state index contributed by atoms with van der Waals surface area (Å²) in [5, 5.41) is 0. The lowest BCUT2D eigenvalue weighted by molar-refractivity contribution is 0.632. The van der Waals surface area contributed by atoms with Gasteiger partial charge < -0.3 is 10.6 Å². The van der Waals surface area contributed by atoms with Gasteiger partial charge in [0.2, 0.25) is 0 Å². The minimum absolute atomic E-state index is 0.254. The van der Waals surface area contributed by atoms with Crippen LogP contribution in [-0.2, 0) is 6.42 Å². The van der Waals surface area contributed by atoms with E-state index in [4.69, 9.17) is 5.73 Å². The molecule has 2 N–H and O–H groups in total. The van der Waals surface area contributed by atoms with E-state index in [-0.39, 0.29) is 11.5 Å². The lowest BCUT2D eigenvalue weighted by Gasteiger charge is -2.11. The molecule has 0 fully saturated rings. The van der Waals surface area contributed by atoms with E-state index in [1.807, 2.05) is 11.9 Å². The van der Waals surface area contributed by atoms with Crippen LogP contribution in [0.4, 0.5) is 15.8 Å². The highest BCUT2D eigenvalue weighted by Crippen LogP contribution is 2.29. The number of fused-ring (bicyclic) bond motifs is 1. The van der Waals surface area contributed by atoms with E-state index in [0.29, 0.717) is 0 Å². The number of rotatable bonds is 0. The van der Waals surface area contributed by atoms with E-state index < -0.39 is 0 Å². The van der Waals surface area contributed by atoms with Crippen molar-refractivity contribution in [2.45, 2.75) is 6.42 Å². The van der Waals surface area contributed by atoms with Gasteiger partial charge in [-0.15, -0.1) is 0 Å². The Morgan fingerprint density at radius 2 is 2.25 bits per heavy atom. The summed E-state index contributed by atoms with van der Waals surface area (Å²) in [6, 6.07) is 3.24. The normalized spacial score (nSPS) is 15.0. The second-order valence-corrected chi connectivity index (χ2v) is 3.17. The predicted octanol–water partition coefficient (Wildman–Crippen LogP) is 1.40. The molecule has 0 saturated carbocycles. The van der Waals surface area contributed by atoms with Gasteiger partial charge in [0.1, 0.15) is 5.82 Å². The van der Waals surface area contributed by atoms with E-state index in [1.54, 1.807) is 6.07 Å². The molecule has 0 saturated heterocycles. The number of nitrogens with two attached hydrogens (primary N) is 1. The molecule has 1 aromatic rings. The van der Waals surface area contributed by atoms with E-state index in [9.17, 15) is 4.39 Å². The Kier molecular flexibility index (Phi) is 1.46. The fourth-order valence-corrected chi connectivity index (χ4v) is 1.59. The SMILES string of the molecule is CN1CCc2cc(N)c(F)cc21. The maximum absolute atomic E-state index is 13.0. The lowest BCUT2D eigenvalue weighted by atomic mass is 10.1. The summed E-state index contributed by atoms with van der Waals surface area (Å²) in [6.07, 6.45) is 0.969. The molecule has 1 aromatic carbocycles. The highest BCUT2D eigenvalue weighted by molar-refractivity contribution is 5.63. The summed E-state index contributed by atoms with van der Waals surface area (Å²) in [5.41, 5.74) is 7.82. The molecule has 64 valence electrons. The van der Waals surface area contributed by atoms with Crippen LogP contribution in [0.15, 0.2) is 12.1 Å². The molecular formula is C9H11FN2. The summed E-state index contributed by atoms with van der Waals surface area (Å²) in [7, 11) is 1.96. The molecule has 0 aromatic heterocycles. The third-order valence-electron chi connectivity index (χ3n) is 2.33. The molecule has 3 heteroatoms. The number of nitrogens with zero attached hydrogens (tertiary/aromatic N) is 1. The van der Waals surface area contributed by atoms with Gasteiger partial charge in [-0.2, -0.15) is 0 Å². The summed E-state index contributed by atoms with van der Waals surface area (Å²) in [5.74, 6) is -0.317. The van der Waals surface area contributed by atoms with Crippen LogP contribution in [0.2, 0.25) is 0 Å². The van der Waals surface area contributed by atoms with Gasteiger partial charge in [0, 0.05) is 19.3 Å². The van der Waals surface area contributed by atoms with Crippen LogP contribution in [0.3, 0.4) is 0 Å². The first kappa shape index (κ1) is 7.40. The van der Waals surface area contributed by atoms with Gasteiger partial charge in [-0.25, -0.2) is 4.39 Å². The van der Waals surface area contributed by atoms with Crippen molar-refractivity contribution in [3.8, 4) is 0 Å². The molecule has 1 aliphatic heterocycles. The Morgan fingerprint density at radius 1 is 1.50 bits per heavy atom. The second kappa shape index (κ2) is 2.37. The van der Waals surface area contributed by atoms with Gasteiger partial charge in [0.25, 0.3) is 0 Å². The molecule has 0 bridgehead atoms. The van der Waals surface area contributed by atoms with Crippen LogP contribution in [0.5, 0.6) is 0 Å². The topological polar surface area (TPSA) is 29.3 Å². The average molecular weight is 166 g/mol. The van der Waals surface area contributed by atoms with Crippen molar-refractivity contribution in [1.82, 2.24) is 0 Å². The van der Waals surface area contributed by atoms with Crippen LogP contribution >= 0.6 is 0 Å². The van der Waals surface area contributed by atoms with Gasteiger partial charge in [-0.05, 0) is 24.1 Å². The van der Waals surface area contributed by atoms with Crippen molar-refractivity contribution in [2.24, 2.45) is 0 Å². The summed E-state index contributed by atoms with van der Waals surface area (Å²) in [4.78, 5) is 2.04. The standard InChI is InChI=1S/C9H11FN2/c1-12-3-2-6-4-8(11)7(10)5-9(6)12/h4-5H,2-3,11H2,1H3. The number of anilines is 2. The van der Waals surface area contributed by atoms with Crippen molar-refractivity contribution in [1.29, 1.82) is 0 Å². The number of hydrogen-bond acceptors (Lipinski definition) is 2. The van der Waals surface area contributed by atoms with E-state index in [2.05, 4.69) is 0 Å². The van der Waals surface area contributed by atoms with Gasteiger partial charge in [-0.3, -0.25) is 0 Å². The molecule has 0 spiro atoms. The fraction of sp³-hybridized carbons (Fsp3) is 0.333. The smallest absolute Gasteiger partial charge is 0.148 e. The van der Waals surface area contributed by atoms with Crippen LogP contribution in [-0.4, -0.2) is 13.6 Å². The number of hydrogen-bond donors (Lipinski definition) is 1. The minimum atomic E-state index is -0.317. The van der Waals surface area contributed by atoms with E-state index in [1.165, 1.54) is 6.07 Å². The van der Waals surface area contributed by atoms with Gasteiger partial charge in [-0.1, -0.05) is 0 Å². The van der Waals surface area contributed by atoms with Crippen LogP contribution in [0.25, 0.3) is 0 Å². The zero-order chi connectivity index (χ0) is 8.72. The summed E-state index contributed by atoms with van der Waals surface area (Å²) < 4.78 is 13.0. The lowest BCUT2D eigenvalue weighted by Crippen LogP contribution is -2.12. The molecule has 0 aliphatic carbocycles. The van der Waals surface area contributed by atoms with Gasteiger partial charge in [0.15, 0.2) is 0 Å². The zero-order valence-corrected chi connectivity index (χ0v) is 6.97. The molecule has 0 unspecified atom stereocenters. The number of benzene rings is 1. The molecule has 1 aliphatic rings. The molecule has 0 amide bonds. The van der Waals surface area contributed by atoms with E-state index in [0.717, 1.165) is 24.2 Å². The minimum Gasteiger partial charge on any atom is -0.396 e. The van der Waals surface area contributed by atoms with Gasteiger partial charge in [0.05, 0.1) is 5.69 Å². The maximum Gasteiger partial charge on any atom is 0.148 e. The summed E-state index contributed by atoms with van der Waals surface area (Å²) >= 11 is 0. The first-order valence-corrected chi connectivity index (χ1v) is 3.97. The molecule has 2 nitrogen and oxygen atoms in total. The van der Waals surface area contributed by atoms with Crippen LogP contribution in [0, 0.1) is 5.82 Å². The highest BCUT2D eigenvalue weighted by atomic mass is 19.1. The first-order chi connectivity index (χ1) is 5.68. The Labute approximate surface area is 70.8 Å². The summed E-state index contributed by atoms with van der Waals surface area (Å²) in [6.45, 7) is 0.957. The quantitative estimate of drug-likeness (QED) is 0.590. The Morgan fingerprint density at radius 3 is 3.00 bits per heavy atom.